The Bertz CT molecular complexity index is 1250. The molecule has 158 valence electrons. The summed E-state index contributed by atoms with van der Waals surface area (Å²) in [5, 5.41) is 13.6. The molecule has 2 heterocycles. The summed E-state index contributed by atoms with van der Waals surface area (Å²) < 4.78 is 49.4. The van der Waals surface area contributed by atoms with E-state index in [9.17, 15) is 18.0 Å². The average molecular weight is 426 g/mol. The molecule has 0 amide bonds. The summed E-state index contributed by atoms with van der Waals surface area (Å²) in [6.07, 6.45) is 1.78. The van der Waals surface area contributed by atoms with Gasteiger partial charge in [0.25, 0.3) is 0 Å². The number of halogens is 3. The predicted octanol–water partition coefficient (Wildman–Crippen LogP) is 3.65. The zero-order valence-corrected chi connectivity index (χ0v) is 16.3. The first-order valence-electron chi connectivity index (χ1n) is 9.95. The lowest BCUT2D eigenvalue weighted by Crippen LogP contribution is -2.41. The fraction of sp³-hybridized carbons (Fsp3) is 0.318. The van der Waals surface area contributed by atoms with Crippen molar-refractivity contribution in [1.29, 1.82) is 5.26 Å². The molecule has 1 aliphatic carbocycles. The first kappa shape index (κ1) is 19.4. The molecular formula is C22H17F3N4O2. The van der Waals surface area contributed by atoms with Gasteiger partial charge >= 0.3 is 5.69 Å². The number of nitriles is 1. The second kappa shape index (κ2) is 7.30. The van der Waals surface area contributed by atoms with Gasteiger partial charge < -0.3 is 4.74 Å². The third-order valence-corrected chi connectivity index (χ3v) is 5.90. The largest absolute Gasteiger partial charge is 0.489 e. The number of hydrogen-bond acceptors (Lipinski definition) is 4. The minimum absolute atomic E-state index is 0.179. The van der Waals surface area contributed by atoms with Crippen LogP contribution in [0.2, 0.25) is 0 Å². The third kappa shape index (κ3) is 3.38. The Labute approximate surface area is 175 Å². The van der Waals surface area contributed by atoms with Crippen molar-refractivity contribution in [2.45, 2.75) is 43.9 Å². The zero-order chi connectivity index (χ0) is 21.7. The van der Waals surface area contributed by atoms with Crippen LogP contribution in [0.1, 0.15) is 48.3 Å². The molecule has 1 aromatic heterocycles. The van der Waals surface area contributed by atoms with Crippen LogP contribution in [0, 0.1) is 28.8 Å². The molecule has 1 aliphatic heterocycles. The van der Waals surface area contributed by atoms with Gasteiger partial charge in [0.1, 0.15) is 41.2 Å². The van der Waals surface area contributed by atoms with Crippen molar-refractivity contribution in [3.8, 4) is 11.8 Å². The number of aryl methyl sites for hydroxylation is 1. The van der Waals surface area contributed by atoms with Crippen molar-refractivity contribution in [2.24, 2.45) is 0 Å². The molecule has 2 aliphatic rings. The molecule has 0 saturated heterocycles. The molecule has 9 heteroatoms. The van der Waals surface area contributed by atoms with Gasteiger partial charge in [-0.15, -0.1) is 0 Å². The molecule has 1 saturated carbocycles. The van der Waals surface area contributed by atoms with Crippen molar-refractivity contribution in [2.75, 3.05) is 0 Å². The number of benzene rings is 2. The molecular weight excluding hydrogens is 409 g/mol. The van der Waals surface area contributed by atoms with Gasteiger partial charge in [-0.25, -0.2) is 22.6 Å². The topological polar surface area (TPSA) is 72.8 Å². The highest BCUT2D eigenvalue weighted by atomic mass is 19.1. The van der Waals surface area contributed by atoms with Gasteiger partial charge in [-0.05, 0) is 36.2 Å². The quantitative estimate of drug-likeness (QED) is 0.639. The molecule has 0 radical (unpaired) electrons. The van der Waals surface area contributed by atoms with Crippen molar-refractivity contribution >= 4 is 0 Å². The SMILES string of the molecule is N#Cc1ccc(F)cc1O[C@H]1C[C@H](n2nc3n(c2=O)[C@H](c2cc(F)cc(F)c2)CC3)C1. The first-order valence-corrected chi connectivity index (χ1v) is 9.95. The van der Waals surface area contributed by atoms with E-state index in [0.717, 1.165) is 6.07 Å². The molecule has 3 aromatic rings. The second-order valence-corrected chi connectivity index (χ2v) is 7.89. The van der Waals surface area contributed by atoms with E-state index in [1.807, 2.05) is 6.07 Å². The Morgan fingerprint density at radius 3 is 2.52 bits per heavy atom. The Hall–Kier alpha value is -3.54. The summed E-state index contributed by atoms with van der Waals surface area (Å²) in [6.45, 7) is 0. The number of nitrogens with zero attached hydrogens (tertiary/aromatic N) is 4. The van der Waals surface area contributed by atoms with E-state index in [-0.39, 0.29) is 29.1 Å². The van der Waals surface area contributed by atoms with Gasteiger partial charge in [-0.2, -0.15) is 10.4 Å². The highest BCUT2D eigenvalue weighted by Gasteiger charge is 2.38. The van der Waals surface area contributed by atoms with E-state index in [4.69, 9.17) is 10.00 Å². The van der Waals surface area contributed by atoms with E-state index < -0.39 is 23.5 Å². The summed E-state index contributed by atoms with van der Waals surface area (Å²) in [7, 11) is 0. The van der Waals surface area contributed by atoms with Crippen LogP contribution in [0.4, 0.5) is 13.2 Å². The van der Waals surface area contributed by atoms with Crippen molar-refractivity contribution in [3.05, 3.63) is 81.3 Å². The third-order valence-electron chi connectivity index (χ3n) is 5.90. The maximum absolute atomic E-state index is 13.7. The molecule has 0 unspecified atom stereocenters. The van der Waals surface area contributed by atoms with Gasteiger partial charge in [0.15, 0.2) is 0 Å². The van der Waals surface area contributed by atoms with E-state index in [1.165, 1.54) is 39.6 Å². The van der Waals surface area contributed by atoms with Gasteiger partial charge in [0.2, 0.25) is 0 Å². The molecule has 5 rings (SSSR count). The molecule has 2 aromatic carbocycles. The number of aromatic nitrogens is 3. The summed E-state index contributed by atoms with van der Waals surface area (Å²) >= 11 is 0. The summed E-state index contributed by atoms with van der Waals surface area (Å²) in [6, 6.07) is 8.33. The van der Waals surface area contributed by atoms with E-state index in [0.29, 0.717) is 37.1 Å². The van der Waals surface area contributed by atoms with Crippen LogP contribution in [-0.2, 0) is 6.42 Å². The van der Waals surface area contributed by atoms with Crippen molar-refractivity contribution < 1.29 is 17.9 Å². The van der Waals surface area contributed by atoms with Gasteiger partial charge in [-0.1, -0.05) is 0 Å². The lowest BCUT2D eigenvalue weighted by Gasteiger charge is -2.35. The first-order chi connectivity index (χ1) is 14.9. The Morgan fingerprint density at radius 2 is 1.81 bits per heavy atom. The van der Waals surface area contributed by atoms with E-state index in [1.54, 1.807) is 0 Å². The maximum Gasteiger partial charge on any atom is 0.346 e. The molecule has 0 N–H and O–H groups in total. The zero-order valence-electron chi connectivity index (χ0n) is 16.3. The summed E-state index contributed by atoms with van der Waals surface area (Å²) in [4.78, 5) is 13.0. The number of rotatable bonds is 4. The molecule has 6 nitrogen and oxygen atoms in total. The van der Waals surface area contributed by atoms with Crippen LogP contribution in [0.15, 0.2) is 41.2 Å². The Morgan fingerprint density at radius 1 is 1.06 bits per heavy atom. The predicted molar refractivity (Wildman–Crippen MR) is 103 cm³/mol. The summed E-state index contributed by atoms with van der Waals surface area (Å²) in [5.74, 6) is -1.10. The van der Waals surface area contributed by atoms with Crippen LogP contribution >= 0.6 is 0 Å². The average Bonchev–Trinajstić information content (AvgIpc) is 3.24. The van der Waals surface area contributed by atoms with Crippen LogP contribution < -0.4 is 10.4 Å². The minimum atomic E-state index is -0.683. The van der Waals surface area contributed by atoms with Crippen LogP contribution in [0.25, 0.3) is 0 Å². The van der Waals surface area contributed by atoms with Gasteiger partial charge in [-0.3, -0.25) is 4.57 Å². The molecule has 1 atom stereocenters. The Kier molecular flexibility index (Phi) is 4.58. The smallest absolute Gasteiger partial charge is 0.346 e. The van der Waals surface area contributed by atoms with E-state index in [2.05, 4.69) is 5.10 Å². The molecule has 31 heavy (non-hydrogen) atoms. The number of hydrogen-bond donors (Lipinski definition) is 0. The fourth-order valence-electron chi connectivity index (χ4n) is 4.34. The van der Waals surface area contributed by atoms with Gasteiger partial charge in [0, 0.05) is 31.4 Å². The summed E-state index contributed by atoms with van der Waals surface area (Å²) in [5.41, 5.74) is 0.324. The minimum Gasteiger partial charge on any atom is -0.489 e. The standard InChI is InChI=1S/C22H17F3N4O2/c23-14-2-1-12(11-26)20(8-14)31-18-9-17(10-18)29-22(30)28-19(3-4-21(28)27-29)13-5-15(24)7-16(25)6-13/h1-2,5-8,17-19H,3-4,9-10H2/t17-,18-,19-/m0/s1. The highest BCUT2D eigenvalue weighted by Crippen LogP contribution is 2.37. The molecule has 0 spiro atoms. The Balaban J connectivity index is 1.34. The maximum atomic E-state index is 13.7. The van der Waals surface area contributed by atoms with Crippen LogP contribution in [0.5, 0.6) is 5.75 Å². The van der Waals surface area contributed by atoms with Crippen LogP contribution in [-0.4, -0.2) is 20.5 Å². The number of ether oxygens (including phenoxy) is 1. The number of fused-ring (bicyclic) bond motifs is 1. The lowest BCUT2D eigenvalue weighted by atomic mass is 9.89. The van der Waals surface area contributed by atoms with E-state index >= 15 is 0 Å². The van der Waals surface area contributed by atoms with Crippen LogP contribution in [0.3, 0.4) is 0 Å². The van der Waals surface area contributed by atoms with Crippen molar-refractivity contribution in [1.82, 2.24) is 14.3 Å². The fourth-order valence-corrected chi connectivity index (χ4v) is 4.34. The van der Waals surface area contributed by atoms with Crippen molar-refractivity contribution in [3.63, 3.8) is 0 Å². The van der Waals surface area contributed by atoms with Gasteiger partial charge in [0.05, 0.1) is 17.6 Å². The molecule has 0 bridgehead atoms. The highest BCUT2D eigenvalue weighted by molar-refractivity contribution is 5.43. The second-order valence-electron chi connectivity index (χ2n) is 7.89. The monoisotopic (exact) mass is 426 g/mol. The molecule has 1 fully saturated rings. The lowest BCUT2D eigenvalue weighted by molar-refractivity contribution is 0.0618. The normalized spacial score (nSPS) is 21.9.